The smallest absolute Gasteiger partial charge is 0.223 e. The molecule has 4 heteroatoms. The first-order valence-corrected chi connectivity index (χ1v) is 7.71. The van der Waals surface area contributed by atoms with E-state index in [-0.39, 0.29) is 36.0 Å². The summed E-state index contributed by atoms with van der Waals surface area (Å²) in [6.45, 7) is 16.1. The fourth-order valence-electron chi connectivity index (χ4n) is 2.82. The first-order valence-electron chi connectivity index (χ1n) is 7.71. The fraction of sp³-hybridized carbons (Fsp3) is 0.875. The molecule has 0 radical (unpaired) electrons. The van der Waals surface area contributed by atoms with Gasteiger partial charge in [0.25, 0.3) is 0 Å². The van der Waals surface area contributed by atoms with Crippen molar-refractivity contribution in [1.82, 2.24) is 9.80 Å². The summed E-state index contributed by atoms with van der Waals surface area (Å²) >= 11 is 0. The number of rotatable bonds is 7. The number of carbonyl (C=O) groups is 2. The van der Waals surface area contributed by atoms with Crippen molar-refractivity contribution in [2.45, 2.75) is 92.4 Å². The number of hydrogen-bond acceptors (Lipinski definition) is 2. The predicted molar refractivity (Wildman–Crippen MR) is 83.5 cm³/mol. The zero-order valence-corrected chi connectivity index (χ0v) is 14.4. The molecule has 0 aromatic rings. The van der Waals surface area contributed by atoms with Crippen LogP contribution in [0.4, 0.5) is 0 Å². The van der Waals surface area contributed by atoms with Crippen molar-refractivity contribution in [3.63, 3.8) is 0 Å². The maximum absolute atomic E-state index is 12.2. The van der Waals surface area contributed by atoms with E-state index < -0.39 is 0 Å². The summed E-state index contributed by atoms with van der Waals surface area (Å²) in [6.07, 6.45) is 0.594. The van der Waals surface area contributed by atoms with Gasteiger partial charge in [-0.3, -0.25) is 9.59 Å². The summed E-state index contributed by atoms with van der Waals surface area (Å²) in [5, 5.41) is 0. The van der Waals surface area contributed by atoms with Crippen molar-refractivity contribution in [2.24, 2.45) is 0 Å². The maximum atomic E-state index is 12.2. The molecule has 0 fully saturated rings. The lowest BCUT2D eigenvalue weighted by Gasteiger charge is -2.33. The largest absolute Gasteiger partial charge is 0.338 e. The molecule has 0 aliphatic heterocycles. The molecule has 2 amide bonds. The molecule has 118 valence electrons. The Morgan fingerprint density at radius 3 is 0.950 bits per heavy atom. The Morgan fingerprint density at radius 1 is 0.600 bits per heavy atom. The van der Waals surface area contributed by atoms with Crippen LogP contribution < -0.4 is 0 Å². The average Bonchev–Trinajstić information content (AvgIpc) is 2.23. The topological polar surface area (TPSA) is 40.6 Å². The second kappa shape index (κ2) is 8.28. The van der Waals surface area contributed by atoms with Crippen molar-refractivity contribution >= 4 is 11.8 Å². The summed E-state index contributed by atoms with van der Waals surface area (Å²) in [5.41, 5.74) is 0. The maximum Gasteiger partial charge on any atom is 0.223 e. The van der Waals surface area contributed by atoms with Gasteiger partial charge in [0.2, 0.25) is 11.8 Å². The van der Waals surface area contributed by atoms with Crippen LogP contribution in [-0.2, 0) is 9.59 Å². The lowest BCUT2D eigenvalue weighted by Crippen LogP contribution is -2.44. The zero-order valence-electron chi connectivity index (χ0n) is 14.4. The molecule has 0 atom stereocenters. The monoisotopic (exact) mass is 284 g/mol. The number of nitrogens with zero attached hydrogens (tertiary/aromatic N) is 2. The highest BCUT2D eigenvalue weighted by Gasteiger charge is 2.24. The summed E-state index contributed by atoms with van der Waals surface area (Å²) in [5.74, 6) is 0.131. The highest BCUT2D eigenvalue weighted by atomic mass is 16.2. The molecule has 0 N–H and O–H groups in total. The first-order chi connectivity index (χ1) is 9.09. The first kappa shape index (κ1) is 18.9. The normalized spacial score (nSPS) is 11.6. The van der Waals surface area contributed by atoms with Crippen LogP contribution in [0.3, 0.4) is 0 Å². The van der Waals surface area contributed by atoms with Crippen LogP contribution in [-0.4, -0.2) is 45.8 Å². The standard InChI is InChI=1S/C16H32N2O2/c1-11(2)17(12(3)4)15(19)9-10-16(20)18(13(5)6)14(7)8/h11-14H,9-10H2,1-8H3. The molecule has 0 heterocycles. The van der Waals surface area contributed by atoms with E-state index in [0.717, 1.165) is 0 Å². The van der Waals surface area contributed by atoms with Gasteiger partial charge in [-0.05, 0) is 55.4 Å². The zero-order chi connectivity index (χ0) is 16.0. The second-order valence-electron chi connectivity index (χ2n) is 6.48. The third-order valence-corrected chi connectivity index (χ3v) is 3.35. The third-order valence-electron chi connectivity index (χ3n) is 3.35. The molecular weight excluding hydrogens is 252 g/mol. The van der Waals surface area contributed by atoms with E-state index in [1.54, 1.807) is 0 Å². The van der Waals surface area contributed by atoms with E-state index >= 15 is 0 Å². The summed E-state index contributed by atoms with van der Waals surface area (Å²) in [7, 11) is 0. The van der Waals surface area contributed by atoms with E-state index in [1.807, 2.05) is 65.2 Å². The Bertz CT molecular complexity index is 274. The van der Waals surface area contributed by atoms with Gasteiger partial charge in [-0.25, -0.2) is 0 Å². The predicted octanol–water partition coefficient (Wildman–Crippen LogP) is 3.06. The fourth-order valence-corrected chi connectivity index (χ4v) is 2.82. The Hall–Kier alpha value is -1.06. The average molecular weight is 284 g/mol. The van der Waals surface area contributed by atoms with Crippen LogP contribution in [0.15, 0.2) is 0 Å². The van der Waals surface area contributed by atoms with Crippen LogP contribution in [0.25, 0.3) is 0 Å². The van der Waals surface area contributed by atoms with Crippen molar-refractivity contribution in [1.29, 1.82) is 0 Å². The summed E-state index contributed by atoms with van der Waals surface area (Å²) in [6, 6.07) is 0.681. The Morgan fingerprint density at radius 2 is 0.800 bits per heavy atom. The summed E-state index contributed by atoms with van der Waals surface area (Å²) in [4.78, 5) is 28.2. The van der Waals surface area contributed by atoms with Crippen LogP contribution in [0, 0.1) is 0 Å². The lowest BCUT2D eigenvalue weighted by atomic mass is 10.1. The Kier molecular flexibility index (Phi) is 7.84. The van der Waals surface area contributed by atoms with E-state index in [1.165, 1.54) is 0 Å². The van der Waals surface area contributed by atoms with E-state index in [2.05, 4.69) is 0 Å². The van der Waals surface area contributed by atoms with Gasteiger partial charge >= 0.3 is 0 Å². The van der Waals surface area contributed by atoms with Crippen molar-refractivity contribution in [3.8, 4) is 0 Å². The number of amides is 2. The highest BCUT2D eigenvalue weighted by Crippen LogP contribution is 2.12. The molecule has 0 aliphatic carbocycles. The SMILES string of the molecule is CC(C)N(C(=O)CCC(=O)N(C(C)C)C(C)C)C(C)C. The van der Waals surface area contributed by atoms with Gasteiger partial charge in [0.15, 0.2) is 0 Å². The quantitative estimate of drug-likeness (QED) is 0.721. The van der Waals surface area contributed by atoms with Gasteiger partial charge in [-0.15, -0.1) is 0 Å². The molecule has 0 saturated carbocycles. The Labute approximate surface area is 124 Å². The minimum Gasteiger partial charge on any atom is -0.338 e. The minimum absolute atomic E-state index is 0.0656. The van der Waals surface area contributed by atoms with Gasteiger partial charge in [0.05, 0.1) is 0 Å². The van der Waals surface area contributed by atoms with Gasteiger partial charge in [0.1, 0.15) is 0 Å². The van der Waals surface area contributed by atoms with Gasteiger partial charge in [-0.1, -0.05) is 0 Å². The molecule has 0 aliphatic rings. The molecule has 0 rings (SSSR count). The van der Waals surface area contributed by atoms with E-state index in [0.29, 0.717) is 12.8 Å². The molecule has 4 nitrogen and oxygen atoms in total. The Balaban J connectivity index is 4.61. The second-order valence-corrected chi connectivity index (χ2v) is 6.48. The van der Waals surface area contributed by atoms with Crippen LogP contribution >= 0.6 is 0 Å². The van der Waals surface area contributed by atoms with Crippen molar-refractivity contribution in [2.75, 3.05) is 0 Å². The highest BCUT2D eigenvalue weighted by molar-refractivity contribution is 5.84. The molecule has 0 bridgehead atoms. The molecule has 20 heavy (non-hydrogen) atoms. The molecule has 0 saturated heterocycles. The third kappa shape index (κ3) is 5.51. The number of hydrogen-bond donors (Lipinski definition) is 0. The minimum atomic E-state index is 0.0656. The lowest BCUT2D eigenvalue weighted by molar-refractivity contribution is -0.140. The van der Waals surface area contributed by atoms with Gasteiger partial charge in [-0.2, -0.15) is 0 Å². The molecule has 0 aromatic carbocycles. The van der Waals surface area contributed by atoms with Crippen LogP contribution in [0.2, 0.25) is 0 Å². The van der Waals surface area contributed by atoms with Crippen LogP contribution in [0.5, 0.6) is 0 Å². The van der Waals surface area contributed by atoms with Crippen molar-refractivity contribution in [3.05, 3.63) is 0 Å². The van der Waals surface area contributed by atoms with Crippen molar-refractivity contribution < 1.29 is 9.59 Å². The van der Waals surface area contributed by atoms with E-state index in [9.17, 15) is 9.59 Å². The number of carbonyl (C=O) groups excluding carboxylic acids is 2. The van der Waals surface area contributed by atoms with Crippen LogP contribution in [0.1, 0.15) is 68.2 Å². The van der Waals surface area contributed by atoms with E-state index in [4.69, 9.17) is 0 Å². The molecule has 0 unspecified atom stereocenters. The van der Waals surface area contributed by atoms with Gasteiger partial charge in [0, 0.05) is 37.0 Å². The molecule has 0 aromatic heterocycles. The summed E-state index contributed by atoms with van der Waals surface area (Å²) < 4.78 is 0. The molecule has 0 spiro atoms. The molecular formula is C16H32N2O2. The van der Waals surface area contributed by atoms with Gasteiger partial charge < -0.3 is 9.80 Å².